The minimum Gasteiger partial charge on any atom is -0.480 e. The predicted molar refractivity (Wildman–Crippen MR) is 322 cm³/mol. The molecule has 0 unspecified atom stereocenters. The molecule has 0 rings (SSSR count). The van der Waals surface area contributed by atoms with Gasteiger partial charge in [0.15, 0.2) is 34.7 Å². The summed E-state index contributed by atoms with van der Waals surface area (Å²) in [7, 11) is 0. The number of carboxylic acid groups (broad SMARTS) is 3. The van der Waals surface area contributed by atoms with Crippen molar-refractivity contribution in [3.8, 4) is 0 Å². The van der Waals surface area contributed by atoms with E-state index in [0.717, 1.165) is 14.7 Å². The molecule has 0 fully saturated rings. The molecular formula is C60H95N9O21. The number of nitrogens with zero attached hydrogens (tertiary/aromatic N) is 3. The molecule has 0 saturated carbocycles. The summed E-state index contributed by atoms with van der Waals surface area (Å²) in [5.41, 5.74) is -0.906. The van der Waals surface area contributed by atoms with Crippen molar-refractivity contribution in [2.75, 3.05) is 78.5 Å². The third kappa shape index (κ3) is 42.1. The van der Waals surface area contributed by atoms with Gasteiger partial charge in [0.25, 0.3) is 0 Å². The van der Waals surface area contributed by atoms with Gasteiger partial charge in [0.05, 0.1) is 58.9 Å². The number of carboxylic acids is 3. The summed E-state index contributed by atoms with van der Waals surface area (Å²) in [6, 6.07) is 0.0248. The lowest BCUT2D eigenvalue weighted by molar-refractivity contribution is -0.146. The lowest BCUT2D eigenvalue weighted by Crippen LogP contribution is -2.40. The van der Waals surface area contributed by atoms with E-state index in [0.29, 0.717) is 6.42 Å². The molecule has 0 aromatic rings. The van der Waals surface area contributed by atoms with E-state index in [1.54, 1.807) is 6.92 Å². The van der Waals surface area contributed by atoms with Gasteiger partial charge in [0.1, 0.15) is 37.0 Å². The van der Waals surface area contributed by atoms with Crippen LogP contribution < -0.4 is 31.9 Å². The first kappa shape index (κ1) is 82.1. The SMILES string of the molecule is CCC(CCC(=O)CNC(=O)CCC(=O)CN(CC(=O)O)C(=O)CCC(=O)CNC(C)C)(CCC(=O)CNC(=O)CCC(=O)CN(CC(=O)O)C(=O)CCC(=O)CNC(C)C)CCC(=O)CNC(=O)CCC(=O)CN(CC(=O)O)C(=O)CCC(=O)CNC(C)C. The number of amides is 6. The maximum atomic E-state index is 13.3. The maximum Gasteiger partial charge on any atom is 0.323 e. The van der Waals surface area contributed by atoms with Crippen molar-refractivity contribution in [3.05, 3.63) is 0 Å². The number of nitrogens with one attached hydrogen (secondary N) is 6. The van der Waals surface area contributed by atoms with Crippen LogP contribution in [0.3, 0.4) is 0 Å². The third-order valence-electron chi connectivity index (χ3n) is 14.0. The average molecular weight is 1280 g/mol. The molecule has 0 saturated heterocycles. The third-order valence-corrected chi connectivity index (χ3v) is 14.0. The first-order valence-corrected chi connectivity index (χ1v) is 30.3. The minimum atomic E-state index is -1.41. The second-order valence-corrected chi connectivity index (χ2v) is 23.1. The Kier molecular flexibility index (Phi) is 41.4. The molecule has 9 N–H and O–H groups in total. The van der Waals surface area contributed by atoms with E-state index in [1.807, 2.05) is 41.5 Å². The van der Waals surface area contributed by atoms with Crippen molar-refractivity contribution < 1.29 is 102 Å². The quantitative estimate of drug-likeness (QED) is 0.0374. The maximum absolute atomic E-state index is 13.3. The molecule has 0 spiro atoms. The molecule has 6 amide bonds. The Bertz CT molecular complexity index is 2270. The van der Waals surface area contributed by atoms with Gasteiger partial charge in [-0.2, -0.15) is 0 Å². The molecule has 0 radical (unpaired) electrons. The van der Waals surface area contributed by atoms with E-state index in [-0.39, 0.29) is 132 Å². The molecule has 506 valence electrons. The number of carbonyl (C=O) groups is 18. The van der Waals surface area contributed by atoms with Gasteiger partial charge in [-0.05, 0) is 24.7 Å². The summed E-state index contributed by atoms with van der Waals surface area (Å²) in [4.78, 5) is 228. The number of Topliss-reactive ketones (excluding diaryl/α,β-unsaturated/α-hetero) is 9. The van der Waals surface area contributed by atoms with Crippen LogP contribution in [0.15, 0.2) is 0 Å². The number of aliphatic carboxylic acids is 3. The van der Waals surface area contributed by atoms with Crippen LogP contribution in [0.4, 0.5) is 0 Å². The van der Waals surface area contributed by atoms with Crippen molar-refractivity contribution in [1.82, 2.24) is 46.6 Å². The van der Waals surface area contributed by atoms with E-state index < -0.39 is 191 Å². The highest BCUT2D eigenvalue weighted by atomic mass is 16.4. The Morgan fingerprint density at radius 1 is 0.300 bits per heavy atom. The van der Waals surface area contributed by atoms with Gasteiger partial charge in [0, 0.05) is 114 Å². The van der Waals surface area contributed by atoms with Crippen LogP contribution in [0, 0.1) is 5.41 Å². The Morgan fingerprint density at radius 2 is 0.522 bits per heavy atom. The van der Waals surface area contributed by atoms with E-state index in [4.69, 9.17) is 0 Å². The fourth-order valence-electron chi connectivity index (χ4n) is 8.49. The van der Waals surface area contributed by atoms with Gasteiger partial charge in [-0.25, -0.2) is 0 Å². The van der Waals surface area contributed by atoms with Crippen LogP contribution in [0.1, 0.15) is 170 Å². The first-order valence-electron chi connectivity index (χ1n) is 30.3. The summed E-state index contributed by atoms with van der Waals surface area (Å²) in [6.45, 7) is 6.80. The summed E-state index contributed by atoms with van der Waals surface area (Å²) < 4.78 is 0. The molecule has 0 heterocycles. The standard InChI is InChI=1S/C60H95N9O21/c1-8-60(24-21-45(73)30-64-51(79)15-9-48(76)33-67(36-57(85)86)54(82)18-12-42(70)27-61-39(2)3,25-22-46(74)31-65-52(80)16-10-49(77)34-68(37-58(87)88)55(83)19-13-43(71)28-62-40(4)5)26-23-47(75)32-66-53(81)17-11-50(78)35-69(38-59(89)90)56(84)20-14-44(72)29-63-41(6)7/h39-41,61-63H,8-38H2,1-7H3,(H,64,79)(H,65,80)(H,66,81)(H,85,86)(H,87,88)(H,89,90). The smallest absolute Gasteiger partial charge is 0.323 e. The second-order valence-electron chi connectivity index (χ2n) is 23.1. The first-order chi connectivity index (χ1) is 42.1. The summed E-state index contributed by atoms with van der Waals surface area (Å²) >= 11 is 0. The van der Waals surface area contributed by atoms with Crippen molar-refractivity contribution in [3.63, 3.8) is 0 Å². The van der Waals surface area contributed by atoms with Gasteiger partial charge in [-0.3, -0.25) is 86.3 Å². The van der Waals surface area contributed by atoms with Crippen LogP contribution in [-0.2, 0) is 86.3 Å². The molecule has 30 nitrogen and oxygen atoms in total. The monoisotopic (exact) mass is 1280 g/mol. The zero-order valence-electron chi connectivity index (χ0n) is 53.2. The Morgan fingerprint density at radius 3 is 0.733 bits per heavy atom. The van der Waals surface area contributed by atoms with E-state index in [1.165, 1.54) is 0 Å². The van der Waals surface area contributed by atoms with Crippen molar-refractivity contribution in [2.45, 2.75) is 189 Å². The molecule has 0 aromatic heterocycles. The molecule has 0 aliphatic carbocycles. The average Bonchev–Trinajstić information content (AvgIpc) is 1.58. The number of hydrogen-bond donors (Lipinski definition) is 9. The number of ketones is 9. The van der Waals surface area contributed by atoms with Crippen LogP contribution in [-0.4, -0.2) is 232 Å². The number of hydrogen-bond acceptors (Lipinski definition) is 21. The zero-order chi connectivity index (χ0) is 68.5. The summed E-state index contributed by atoms with van der Waals surface area (Å²) in [5.74, 6) is -12.9. The van der Waals surface area contributed by atoms with Gasteiger partial charge in [0.2, 0.25) is 35.4 Å². The predicted octanol–water partition coefficient (Wildman–Crippen LogP) is -0.391. The molecule has 0 bridgehead atoms. The van der Waals surface area contributed by atoms with Crippen molar-refractivity contribution in [1.29, 1.82) is 0 Å². The molecule has 0 aliphatic rings. The lowest BCUT2D eigenvalue weighted by Gasteiger charge is -2.33. The van der Waals surface area contributed by atoms with E-state index >= 15 is 0 Å². The minimum absolute atomic E-state index is 0.00271. The van der Waals surface area contributed by atoms with E-state index in [9.17, 15) is 102 Å². The second kappa shape index (κ2) is 45.4. The molecule has 0 aliphatic heterocycles. The summed E-state index contributed by atoms with van der Waals surface area (Å²) in [5, 5.41) is 44.0. The van der Waals surface area contributed by atoms with Crippen LogP contribution >= 0.6 is 0 Å². The topological polar surface area (TPSA) is 450 Å². The van der Waals surface area contributed by atoms with Crippen molar-refractivity contribution >= 4 is 105 Å². The summed E-state index contributed by atoms with van der Waals surface area (Å²) in [6.07, 6.45) is -4.15. The van der Waals surface area contributed by atoms with Gasteiger partial charge in [-0.15, -0.1) is 0 Å². The highest BCUT2D eigenvalue weighted by Gasteiger charge is 2.31. The molecule has 0 aromatic carbocycles. The van der Waals surface area contributed by atoms with Crippen LogP contribution in [0.2, 0.25) is 0 Å². The molecule has 90 heavy (non-hydrogen) atoms. The van der Waals surface area contributed by atoms with Crippen LogP contribution in [0.25, 0.3) is 0 Å². The number of carbonyl (C=O) groups excluding carboxylic acids is 15. The Labute approximate surface area is 524 Å². The number of rotatable bonds is 55. The largest absolute Gasteiger partial charge is 0.480 e. The fraction of sp³-hybridized carbons (Fsp3) is 0.700. The molecule has 30 heteroatoms. The van der Waals surface area contributed by atoms with Gasteiger partial charge in [-0.1, -0.05) is 54.9 Å². The zero-order valence-corrected chi connectivity index (χ0v) is 53.2. The Balaban J connectivity index is 5.86. The Hall–Kier alpha value is -7.86. The van der Waals surface area contributed by atoms with Crippen molar-refractivity contribution in [2.24, 2.45) is 5.41 Å². The fourth-order valence-corrected chi connectivity index (χ4v) is 8.49. The van der Waals surface area contributed by atoms with Crippen LogP contribution in [0.5, 0.6) is 0 Å². The van der Waals surface area contributed by atoms with Gasteiger partial charge >= 0.3 is 17.9 Å². The molecular weight excluding hydrogens is 1180 g/mol. The highest BCUT2D eigenvalue weighted by Crippen LogP contribution is 2.39. The van der Waals surface area contributed by atoms with E-state index in [2.05, 4.69) is 31.9 Å². The lowest BCUT2D eigenvalue weighted by atomic mass is 9.72. The molecule has 0 atom stereocenters. The van der Waals surface area contributed by atoms with Gasteiger partial charge < -0.3 is 61.9 Å². The highest BCUT2D eigenvalue weighted by molar-refractivity contribution is 5.96. The normalized spacial score (nSPS) is 11.1.